The van der Waals surface area contributed by atoms with E-state index in [2.05, 4.69) is 9.97 Å². The number of para-hydroxylation sites is 1. The van der Waals surface area contributed by atoms with Gasteiger partial charge in [-0.05, 0) is 18.7 Å². The van der Waals surface area contributed by atoms with Crippen LogP contribution in [-0.4, -0.2) is 52.8 Å². The van der Waals surface area contributed by atoms with Gasteiger partial charge in [-0.2, -0.15) is 13.2 Å². The number of nitrogens with zero attached hydrogens (tertiary/aromatic N) is 5. The van der Waals surface area contributed by atoms with Crippen LogP contribution in [-0.2, 0) is 11.3 Å². The van der Waals surface area contributed by atoms with E-state index in [0.717, 1.165) is 5.56 Å². The van der Waals surface area contributed by atoms with E-state index in [1.807, 2.05) is 6.26 Å². The van der Waals surface area contributed by atoms with Crippen LogP contribution in [0.2, 0.25) is 5.02 Å². The number of urea groups is 1. The fraction of sp³-hybridized carbons (Fsp3) is 0.368. The topological polar surface area (TPSA) is 69.6 Å². The molecule has 2 aromatic rings. The number of halogens is 4. The zero-order valence-corrected chi connectivity index (χ0v) is 18.1. The van der Waals surface area contributed by atoms with Crippen LogP contribution in [0.4, 0.5) is 29.5 Å². The number of amides is 3. The number of benzene rings is 1. The lowest BCUT2D eigenvalue weighted by atomic mass is 9.94. The van der Waals surface area contributed by atoms with E-state index >= 15 is 0 Å². The number of carbonyl (C=O) groups excluding carboxylic acids is 2. The lowest BCUT2D eigenvalue weighted by molar-refractivity contribution is -0.170. The summed E-state index contributed by atoms with van der Waals surface area (Å²) in [5.74, 6) is -1.48. The molecule has 0 fully saturated rings. The van der Waals surface area contributed by atoms with Crippen molar-refractivity contribution in [2.45, 2.75) is 30.3 Å². The molecule has 0 saturated heterocycles. The van der Waals surface area contributed by atoms with Crippen molar-refractivity contribution in [1.29, 1.82) is 0 Å². The molecule has 1 aromatic carbocycles. The van der Waals surface area contributed by atoms with Crippen molar-refractivity contribution in [1.82, 2.24) is 14.9 Å². The smallest absolute Gasteiger partial charge is 0.313 e. The maximum atomic E-state index is 13.1. The lowest BCUT2D eigenvalue weighted by Crippen LogP contribution is -2.51. The number of alkyl halides is 3. The molecular formula is C19H17ClF3N5O2S. The molecule has 0 aliphatic carbocycles. The molecule has 2 aliphatic rings. The number of thioether (sulfide) groups is 1. The summed E-state index contributed by atoms with van der Waals surface area (Å²) < 4.78 is 39.4. The van der Waals surface area contributed by atoms with E-state index in [4.69, 9.17) is 11.6 Å². The van der Waals surface area contributed by atoms with Gasteiger partial charge in [0, 0.05) is 30.9 Å². The molecule has 1 aromatic heterocycles. The van der Waals surface area contributed by atoms with Gasteiger partial charge in [0.05, 0.1) is 23.3 Å². The zero-order chi connectivity index (χ0) is 22.5. The highest BCUT2D eigenvalue weighted by atomic mass is 35.5. The number of hydrogen-bond donors (Lipinski definition) is 0. The predicted octanol–water partition coefficient (Wildman–Crippen LogP) is 4.26. The number of rotatable bonds is 2. The Morgan fingerprint density at radius 2 is 2.06 bits per heavy atom. The zero-order valence-electron chi connectivity index (χ0n) is 16.5. The summed E-state index contributed by atoms with van der Waals surface area (Å²) in [5.41, 5.74) is 1.10. The minimum atomic E-state index is -5.03. The molecule has 2 aliphatic heterocycles. The minimum Gasteiger partial charge on any atom is -0.313 e. The SMILES string of the molecule is CSc1ncc2c(n1)N(C)C(=O)N(C1CCN(C(=O)C(F)(F)F)c3c(Cl)cccc31)C2. The van der Waals surface area contributed by atoms with Gasteiger partial charge in [-0.15, -0.1) is 0 Å². The molecule has 3 amide bonds. The van der Waals surface area contributed by atoms with Crippen LogP contribution >= 0.6 is 23.4 Å². The summed E-state index contributed by atoms with van der Waals surface area (Å²) in [6.45, 7) is -0.0288. The first-order valence-electron chi connectivity index (χ1n) is 9.24. The lowest BCUT2D eigenvalue weighted by Gasteiger charge is -2.43. The molecule has 1 atom stereocenters. The summed E-state index contributed by atoms with van der Waals surface area (Å²) in [5, 5.41) is 0.550. The number of fused-ring (bicyclic) bond motifs is 2. The molecule has 4 rings (SSSR count). The summed E-state index contributed by atoms with van der Waals surface area (Å²) in [6.07, 6.45) is -1.43. The van der Waals surface area contributed by atoms with Crippen LogP contribution in [0.1, 0.15) is 23.6 Å². The van der Waals surface area contributed by atoms with Gasteiger partial charge in [0.25, 0.3) is 0 Å². The van der Waals surface area contributed by atoms with Gasteiger partial charge >= 0.3 is 18.1 Å². The summed E-state index contributed by atoms with van der Waals surface area (Å²) in [6, 6.07) is 3.71. The average Bonchev–Trinajstić information content (AvgIpc) is 2.74. The molecular weight excluding hydrogens is 455 g/mol. The molecule has 164 valence electrons. The molecule has 7 nitrogen and oxygen atoms in total. The van der Waals surface area contributed by atoms with E-state index in [0.29, 0.717) is 21.4 Å². The molecule has 0 radical (unpaired) electrons. The quantitative estimate of drug-likeness (QED) is 0.483. The van der Waals surface area contributed by atoms with E-state index in [9.17, 15) is 22.8 Å². The van der Waals surface area contributed by atoms with Crippen molar-refractivity contribution in [3.8, 4) is 0 Å². The Morgan fingerprint density at radius 3 is 2.74 bits per heavy atom. The largest absolute Gasteiger partial charge is 0.471 e. The molecule has 0 bridgehead atoms. The molecule has 0 saturated carbocycles. The van der Waals surface area contributed by atoms with E-state index in [1.165, 1.54) is 22.7 Å². The normalized spacial score (nSPS) is 18.7. The van der Waals surface area contributed by atoms with E-state index < -0.39 is 18.1 Å². The van der Waals surface area contributed by atoms with Crippen LogP contribution in [0, 0.1) is 0 Å². The molecule has 31 heavy (non-hydrogen) atoms. The number of carbonyl (C=O) groups is 2. The average molecular weight is 472 g/mol. The van der Waals surface area contributed by atoms with Crippen molar-refractivity contribution >= 4 is 46.8 Å². The second-order valence-electron chi connectivity index (χ2n) is 7.11. The second-order valence-corrected chi connectivity index (χ2v) is 8.29. The Balaban J connectivity index is 1.74. The van der Waals surface area contributed by atoms with Gasteiger partial charge in [0.2, 0.25) is 0 Å². The van der Waals surface area contributed by atoms with E-state index in [1.54, 1.807) is 30.3 Å². The first kappa shape index (κ1) is 21.7. The van der Waals surface area contributed by atoms with Crippen LogP contribution in [0.3, 0.4) is 0 Å². The third kappa shape index (κ3) is 3.69. The van der Waals surface area contributed by atoms with Crippen LogP contribution in [0.5, 0.6) is 0 Å². The van der Waals surface area contributed by atoms with Gasteiger partial charge in [-0.3, -0.25) is 9.69 Å². The second kappa shape index (κ2) is 7.86. The van der Waals surface area contributed by atoms with Crippen molar-refractivity contribution in [2.24, 2.45) is 0 Å². The van der Waals surface area contributed by atoms with Gasteiger partial charge in [-0.25, -0.2) is 14.8 Å². The Hall–Kier alpha value is -2.53. The third-order valence-corrected chi connectivity index (χ3v) is 6.20. The Kier molecular flexibility index (Phi) is 5.50. The Morgan fingerprint density at radius 1 is 1.32 bits per heavy atom. The van der Waals surface area contributed by atoms with Gasteiger partial charge in [0.1, 0.15) is 5.82 Å². The molecule has 12 heteroatoms. The van der Waals surface area contributed by atoms with Gasteiger partial charge in [0.15, 0.2) is 5.16 Å². The molecule has 0 N–H and O–H groups in total. The van der Waals surface area contributed by atoms with Crippen molar-refractivity contribution < 1.29 is 22.8 Å². The maximum absolute atomic E-state index is 13.1. The number of aromatic nitrogens is 2. The fourth-order valence-electron chi connectivity index (χ4n) is 3.94. The van der Waals surface area contributed by atoms with Crippen LogP contribution in [0.25, 0.3) is 0 Å². The summed E-state index contributed by atoms with van der Waals surface area (Å²) in [7, 11) is 1.59. The summed E-state index contributed by atoms with van der Waals surface area (Å²) >= 11 is 7.57. The highest BCUT2D eigenvalue weighted by Crippen LogP contribution is 2.45. The standard InChI is InChI=1S/C19H17ClF3N5O2S/c1-26-15-10(8-24-17(25-15)31-2)9-28(18(26)30)13-6-7-27(16(29)19(21,22)23)14-11(13)4-3-5-12(14)20/h3-5,8,13H,6-7,9H2,1-2H3. The van der Waals surface area contributed by atoms with Crippen molar-refractivity contribution in [3.63, 3.8) is 0 Å². The maximum Gasteiger partial charge on any atom is 0.471 e. The molecule has 3 heterocycles. The van der Waals surface area contributed by atoms with E-state index in [-0.39, 0.29) is 36.3 Å². The number of hydrogen-bond acceptors (Lipinski definition) is 5. The van der Waals surface area contributed by atoms with Gasteiger partial charge in [-0.1, -0.05) is 35.5 Å². The van der Waals surface area contributed by atoms with Gasteiger partial charge < -0.3 is 9.80 Å². The fourth-order valence-corrected chi connectivity index (χ4v) is 4.56. The van der Waals surface area contributed by atoms with Crippen molar-refractivity contribution in [2.75, 3.05) is 29.6 Å². The highest BCUT2D eigenvalue weighted by Gasteiger charge is 2.47. The van der Waals surface area contributed by atoms with Crippen LogP contribution < -0.4 is 9.80 Å². The first-order chi connectivity index (χ1) is 14.6. The monoisotopic (exact) mass is 471 g/mol. The number of anilines is 2. The molecule has 0 spiro atoms. The third-order valence-electron chi connectivity index (χ3n) is 5.33. The Labute approximate surface area is 185 Å². The minimum absolute atomic E-state index is 0.0158. The molecule has 1 unspecified atom stereocenters. The first-order valence-corrected chi connectivity index (χ1v) is 10.8. The highest BCUT2D eigenvalue weighted by molar-refractivity contribution is 7.98. The van der Waals surface area contributed by atoms with Crippen LogP contribution in [0.15, 0.2) is 29.6 Å². The summed E-state index contributed by atoms with van der Waals surface area (Å²) in [4.78, 5) is 37.4. The predicted molar refractivity (Wildman–Crippen MR) is 110 cm³/mol. The van der Waals surface area contributed by atoms with Crippen molar-refractivity contribution in [3.05, 3.63) is 40.5 Å². The Bertz CT molecular complexity index is 1070.